The Kier molecular flexibility index (Phi) is 3.23. The highest BCUT2D eigenvalue weighted by Gasteiger charge is 2.09. The van der Waals surface area contributed by atoms with Crippen molar-refractivity contribution < 1.29 is 9.13 Å². The highest BCUT2D eigenvalue weighted by molar-refractivity contribution is 9.10. The maximum absolute atomic E-state index is 13.1. The molecule has 0 saturated heterocycles. The van der Waals surface area contributed by atoms with E-state index in [4.69, 9.17) is 10.5 Å². The molecule has 0 aliphatic rings. The number of hydrogen-bond donors (Lipinski definition) is 1. The second-order valence-corrected chi connectivity index (χ2v) is 4.22. The predicted octanol–water partition coefficient (Wildman–Crippen LogP) is 3.06. The molecule has 2 aromatic rings. The van der Waals surface area contributed by atoms with E-state index in [9.17, 15) is 4.39 Å². The number of aromatic nitrogens is 2. The summed E-state index contributed by atoms with van der Waals surface area (Å²) < 4.78 is 19.2. The van der Waals surface area contributed by atoms with Gasteiger partial charge in [-0.05, 0) is 35.0 Å². The molecule has 0 unspecified atom stereocenters. The highest BCUT2D eigenvalue weighted by atomic mass is 79.9. The van der Waals surface area contributed by atoms with Crippen molar-refractivity contribution in [3.8, 4) is 11.6 Å². The minimum Gasteiger partial charge on any atom is -0.437 e. The first-order chi connectivity index (χ1) is 8.08. The third kappa shape index (κ3) is 2.52. The van der Waals surface area contributed by atoms with E-state index >= 15 is 0 Å². The summed E-state index contributed by atoms with van der Waals surface area (Å²) in [4.78, 5) is 7.77. The Labute approximate surface area is 106 Å². The summed E-state index contributed by atoms with van der Waals surface area (Å²) in [6, 6.07) is 4.16. The molecule has 0 saturated carbocycles. The van der Waals surface area contributed by atoms with Gasteiger partial charge in [0, 0.05) is 6.07 Å². The number of nitrogens with zero attached hydrogens (tertiary/aromatic N) is 2. The van der Waals surface area contributed by atoms with Gasteiger partial charge in [-0.15, -0.1) is 0 Å². The van der Waals surface area contributed by atoms with Crippen LogP contribution in [0.1, 0.15) is 5.56 Å². The van der Waals surface area contributed by atoms with Gasteiger partial charge in [0.2, 0.25) is 5.88 Å². The Morgan fingerprint density at radius 2 is 2.12 bits per heavy atom. The zero-order valence-electron chi connectivity index (χ0n) is 8.95. The number of rotatable bonds is 2. The smallest absolute Gasteiger partial charge is 0.227 e. The van der Waals surface area contributed by atoms with Gasteiger partial charge in [-0.1, -0.05) is 0 Å². The molecule has 1 aromatic carbocycles. The van der Waals surface area contributed by atoms with E-state index in [1.54, 1.807) is 13.0 Å². The van der Waals surface area contributed by atoms with E-state index in [1.165, 1.54) is 18.5 Å². The Morgan fingerprint density at radius 1 is 1.35 bits per heavy atom. The minimum absolute atomic E-state index is 0.309. The molecule has 0 fully saturated rings. The first kappa shape index (κ1) is 11.8. The van der Waals surface area contributed by atoms with Crippen LogP contribution in [-0.4, -0.2) is 9.97 Å². The van der Waals surface area contributed by atoms with Crippen LogP contribution in [0.25, 0.3) is 0 Å². The normalized spacial score (nSPS) is 10.3. The molecule has 0 aliphatic carbocycles. The van der Waals surface area contributed by atoms with Gasteiger partial charge in [0.05, 0.1) is 10.0 Å². The Morgan fingerprint density at radius 3 is 2.88 bits per heavy atom. The summed E-state index contributed by atoms with van der Waals surface area (Å²) in [5.74, 6) is 0.598. The lowest BCUT2D eigenvalue weighted by Crippen LogP contribution is -1.99. The van der Waals surface area contributed by atoms with E-state index in [-0.39, 0.29) is 5.82 Å². The molecule has 0 spiro atoms. The average Bonchev–Trinajstić information content (AvgIpc) is 2.30. The topological polar surface area (TPSA) is 61.0 Å². The SMILES string of the molecule is Cc1c(N)ncnc1Oc1cc(F)ccc1Br. The molecule has 0 bridgehead atoms. The lowest BCUT2D eigenvalue weighted by molar-refractivity contribution is 0.450. The summed E-state index contributed by atoms with van der Waals surface area (Å²) in [6.45, 7) is 1.73. The molecule has 0 radical (unpaired) electrons. The molecule has 88 valence electrons. The molecule has 17 heavy (non-hydrogen) atoms. The van der Waals surface area contributed by atoms with Gasteiger partial charge in [0.15, 0.2) is 0 Å². The van der Waals surface area contributed by atoms with E-state index in [1.807, 2.05) is 0 Å². The minimum atomic E-state index is -0.386. The van der Waals surface area contributed by atoms with E-state index in [0.717, 1.165) is 0 Å². The fourth-order valence-corrected chi connectivity index (χ4v) is 1.54. The number of anilines is 1. The molecule has 2 rings (SSSR count). The van der Waals surface area contributed by atoms with Crippen molar-refractivity contribution in [3.63, 3.8) is 0 Å². The molecule has 0 amide bonds. The number of ether oxygens (including phenoxy) is 1. The summed E-state index contributed by atoms with van der Waals surface area (Å²) in [7, 11) is 0. The Bertz CT molecular complexity index is 562. The van der Waals surface area contributed by atoms with Crippen molar-refractivity contribution in [1.82, 2.24) is 9.97 Å². The summed E-state index contributed by atoms with van der Waals surface area (Å²) in [5, 5.41) is 0. The van der Waals surface area contributed by atoms with E-state index in [0.29, 0.717) is 27.5 Å². The fraction of sp³-hybridized carbons (Fsp3) is 0.0909. The van der Waals surface area contributed by atoms with Crippen LogP contribution >= 0.6 is 15.9 Å². The zero-order chi connectivity index (χ0) is 12.4. The van der Waals surface area contributed by atoms with Gasteiger partial charge >= 0.3 is 0 Å². The van der Waals surface area contributed by atoms with Crippen LogP contribution in [0.5, 0.6) is 11.6 Å². The number of nitrogens with two attached hydrogens (primary N) is 1. The summed E-state index contributed by atoms with van der Waals surface area (Å²) in [5.41, 5.74) is 6.24. The molecular weight excluding hydrogens is 289 g/mol. The van der Waals surface area contributed by atoms with Crippen LogP contribution in [0, 0.1) is 12.7 Å². The van der Waals surface area contributed by atoms with Crippen molar-refractivity contribution in [1.29, 1.82) is 0 Å². The quantitative estimate of drug-likeness (QED) is 0.925. The van der Waals surface area contributed by atoms with Crippen molar-refractivity contribution in [2.24, 2.45) is 0 Å². The maximum Gasteiger partial charge on any atom is 0.227 e. The molecule has 1 heterocycles. The van der Waals surface area contributed by atoms with Crippen LogP contribution in [-0.2, 0) is 0 Å². The van der Waals surface area contributed by atoms with Gasteiger partial charge < -0.3 is 10.5 Å². The molecular formula is C11H9BrFN3O. The van der Waals surface area contributed by atoms with Crippen molar-refractivity contribution >= 4 is 21.7 Å². The molecule has 0 aliphatic heterocycles. The largest absolute Gasteiger partial charge is 0.437 e. The average molecular weight is 298 g/mol. The number of nitrogen functional groups attached to an aromatic ring is 1. The first-order valence-electron chi connectivity index (χ1n) is 4.78. The predicted molar refractivity (Wildman–Crippen MR) is 65.4 cm³/mol. The van der Waals surface area contributed by atoms with Crippen LogP contribution in [0.2, 0.25) is 0 Å². The molecule has 6 heteroatoms. The van der Waals surface area contributed by atoms with Crippen LogP contribution in [0.4, 0.5) is 10.2 Å². The standard InChI is InChI=1S/C11H9BrFN3O/c1-6-10(14)15-5-16-11(6)17-9-4-7(13)2-3-8(9)12/h2-5H,1H3,(H2,14,15,16). The number of hydrogen-bond acceptors (Lipinski definition) is 4. The lowest BCUT2D eigenvalue weighted by Gasteiger charge is -2.09. The number of halogens is 2. The van der Waals surface area contributed by atoms with Gasteiger partial charge in [0.25, 0.3) is 0 Å². The summed E-state index contributed by atoms with van der Waals surface area (Å²) >= 11 is 3.26. The van der Waals surface area contributed by atoms with Crippen LogP contribution < -0.4 is 10.5 Å². The molecule has 4 nitrogen and oxygen atoms in total. The van der Waals surface area contributed by atoms with Crippen molar-refractivity contribution in [3.05, 3.63) is 40.4 Å². The lowest BCUT2D eigenvalue weighted by atomic mass is 10.3. The van der Waals surface area contributed by atoms with Gasteiger partial charge in [-0.25, -0.2) is 14.4 Å². The molecule has 0 atom stereocenters. The van der Waals surface area contributed by atoms with Crippen LogP contribution in [0.3, 0.4) is 0 Å². The van der Waals surface area contributed by atoms with Crippen LogP contribution in [0.15, 0.2) is 29.0 Å². The molecule has 1 aromatic heterocycles. The zero-order valence-corrected chi connectivity index (χ0v) is 10.5. The van der Waals surface area contributed by atoms with E-state index in [2.05, 4.69) is 25.9 Å². The number of benzene rings is 1. The third-order valence-electron chi connectivity index (χ3n) is 2.18. The summed E-state index contributed by atoms with van der Waals surface area (Å²) in [6.07, 6.45) is 1.30. The Balaban J connectivity index is 2.38. The van der Waals surface area contributed by atoms with Crippen molar-refractivity contribution in [2.45, 2.75) is 6.92 Å². The van der Waals surface area contributed by atoms with Gasteiger partial charge in [-0.3, -0.25) is 0 Å². The van der Waals surface area contributed by atoms with Gasteiger partial charge in [-0.2, -0.15) is 0 Å². The van der Waals surface area contributed by atoms with Crippen molar-refractivity contribution in [2.75, 3.05) is 5.73 Å². The van der Waals surface area contributed by atoms with E-state index < -0.39 is 0 Å². The maximum atomic E-state index is 13.1. The second-order valence-electron chi connectivity index (χ2n) is 3.37. The fourth-order valence-electron chi connectivity index (χ4n) is 1.21. The monoisotopic (exact) mass is 297 g/mol. The molecule has 2 N–H and O–H groups in total. The first-order valence-corrected chi connectivity index (χ1v) is 5.57. The second kappa shape index (κ2) is 4.67. The highest BCUT2D eigenvalue weighted by Crippen LogP contribution is 2.31. The third-order valence-corrected chi connectivity index (χ3v) is 2.83. The van der Waals surface area contributed by atoms with Gasteiger partial charge in [0.1, 0.15) is 23.7 Å². The Hall–Kier alpha value is -1.69.